The zero-order valence-corrected chi connectivity index (χ0v) is 17.1. The summed E-state index contributed by atoms with van der Waals surface area (Å²) in [7, 11) is 1.75. The van der Waals surface area contributed by atoms with Crippen molar-refractivity contribution >= 4 is 11.9 Å². The van der Waals surface area contributed by atoms with Gasteiger partial charge >= 0.3 is 0 Å². The number of carbonyl (C=O) groups is 1. The van der Waals surface area contributed by atoms with E-state index in [4.69, 9.17) is 4.74 Å². The molecular weight excluding hydrogens is 340 g/mol. The van der Waals surface area contributed by atoms with Gasteiger partial charge in [0.2, 0.25) is 5.91 Å². The van der Waals surface area contributed by atoms with Crippen molar-refractivity contribution in [3.05, 3.63) is 29.3 Å². The molecule has 0 aliphatic heterocycles. The number of aryl methyl sites for hydroxylation is 1. The Kier molecular flexibility index (Phi) is 8.43. The molecule has 150 valence electrons. The molecule has 1 amide bonds. The van der Waals surface area contributed by atoms with Crippen LogP contribution < -0.4 is 20.7 Å². The maximum atomic E-state index is 11.7. The molecule has 1 aliphatic rings. The van der Waals surface area contributed by atoms with Gasteiger partial charge in [0.15, 0.2) is 5.96 Å². The van der Waals surface area contributed by atoms with Crippen LogP contribution in [-0.4, -0.2) is 37.6 Å². The molecule has 6 heteroatoms. The third-order valence-corrected chi connectivity index (χ3v) is 4.61. The van der Waals surface area contributed by atoms with Crippen LogP contribution in [-0.2, 0) is 11.3 Å². The third kappa shape index (κ3) is 7.89. The maximum Gasteiger partial charge on any atom is 0.220 e. The van der Waals surface area contributed by atoms with Crippen LogP contribution in [0.15, 0.2) is 23.2 Å². The first kappa shape index (κ1) is 21.1. The average molecular weight is 375 g/mol. The molecule has 0 radical (unpaired) electrons. The molecule has 0 bridgehead atoms. The molecule has 1 aromatic rings. The van der Waals surface area contributed by atoms with Crippen LogP contribution in [0.5, 0.6) is 5.75 Å². The van der Waals surface area contributed by atoms with E-state index in [1.165, 1.54) is 5.56 Å². The van der Waals surface area contributed by atoms with Gasteiger partial charge in [-0.3, -0.25) is 9.79 Å². The van der Waals surface area contributed by atoms with Gasteiger partial charge in [-0.2, -0.15) is 0 Å². The Hall–Kier alpha value is -2.24. The molecule has 0 saturated heterocycles. The lowest BCUT2D eigenvalue weighted by Crippen LogP contribution is -2.37. The molecule has 1 aromatic carbocycles. The lowest BCUT2D eigenvalue weighted by Gasteiger charge is -2.18. The minimum atomic E-state index is 0.147. The Morgan fingerprint density at radius 3 is 2.78 bits per heavy atom. The van der Waals surface area contributed by atoms with Crippen LogP contribution in [0.4, 0.5) is 0 Å². The average Bonchev–Trinajstić information content (AvgIpc) is 3.46. The van der Waals surface area contributed by atoms with Crippen LogP contribution in [0.25, 0.3) is 0 Å². The van der Waals surface area contributed by atoms with Gasteiger partial charge in [0.1, 0.15) is 5.75 Å². The summed E-state index contributed by atoms with van der Waals surface area (Å²) in [6.07, 6.45) is 4.74. The number of benzene rings is 1. The highest BCUT2D eigenvalue weighted by atomic mass is 16.5. The van der Waals surface area contributed by atoms with Crippen molar-refractivity contribution in [3.63, 3.8) is 0 Å². The molecule has 0 spiro atoms. The second-order valence-corrected chi connectivity index (χ2v) is 7.25. The van der Waals surface area contributed by atoms with E-state index >= 15 is 0 Å². The van der Waals surface area contributed by atoms with Gasteiger partial charge in [-0.15, -0.1) is 0 Å². The molecule has 0 aromatic heterocycles. The molecule has 27 heavy (non-hydrogen) atoms. The molecule has 3 N–H and O–H groups in total. The van der Waals surface area contributed by atoms with E-state index in [1.54, 1.807) is 7.05 Å². The molecule has 1 saturated carbocycles. The second kappa shape index (κ2) is 10.8. The highest BCUT2D eigenvalue weighted by Crippen LogP contribution is 2.22. The zero-order chi connectivity index (χ0) is 19.6. The number of guanidine groups is 1. The van der Waals surface area contributed by atoms with Gasteiger partial charge in [0, 0.05) is 38.2 Å². The lowest BCUT2D eigenvalue weighted by molar-refractivity contribution is -0.121. The number of rotatable bonds is 10. The van der Waals surface area contributed by atoms with Gasteiger partial charge in [0.05, 0.1) is 6.10 Å². The molecule has 1 fully saturated rings. The maximum absolute atomic E-state index is 11.7. The molecule has 6 nitrogen and oxygen atoms in total. The van der Waals surface area contributed by atoms with E-state index in [0.717, 1.165) is 43.0 Å². The highest BCUT2D eigenvalue weighted by molar-refractivity contribution is 5.80. The SMILES string of the molecule is CCC(C)Oc1cc(C)ccc1CNC(=NC)NCCCC(=O)NC1CC1. The van der Waals surface area contributed by atoms with Crippen molar-refractivity contribution in [1.82, 2.24) is 16.0 Å². The monoisotopic (exact) mass is 374 g/mol. The standard InChI is InChI=1S/C21H34N4O2/c1-5-16(3)27-19-13-15(2)8-9-17(19)14-24-21(22-4)23-12-6-7-20(26)25-18-10-11-18/h8-9,13,16,18H,5-7,10-12,14H2,1-4H3,(H,25,26)(H2,22,23,24). The van der Waals surface area contributed by atoms with Crippen LogP contribution in [0.3, 0.4) is 0 Å². The first-order chi connectivity index (χ1) is 13.0. The smallest absolute Gasteiger partial charge is 0.220 e. The summed E-state index contributed by atoms with van der Waals surface area (Å²) in [4.78, 5) is 16.0. The van der Waals surface area contributed by atoms with E-state index in [1.807, 2.05) is 0 Å². The van der Waals surface area contributed by atoms with E-state index in [2.05, 4.69) is 59.9 Å². The number of nitrogens with zero attached hydrogens (tertiary/aromatic N) is 1. The van der Waals surface area contributed by atoms with Gasteiger partial charge in [-0.1, -0.05) is 19.1 Å². The Labute approximate surface area is 163 Å². The van der Waals surface area contributed by atoms with Gasteiger partial charge in [0.25, 0.3) is 0 Å². The second-order valence-electron chi connectivity index (χ2n) is 7.25. The molecule has 2 rings (SSSR count). The van der Waals surface area contributed by atoms with Crippen molar-refractivity contribution in [3.8, 4) is 5.75 Å². The lowest BCUT2D eigenvalue weighted by atomic mass is 10.1. The summed E-state index contributed by atoms with van der Waals surface area (Å²) in [6, 6.07) is 6.70. The fraction of sp³-hybridized carbons (Fsp3) is 0.619. The molecule has 1 atom stereocenters. The number of nitrogens with one attached hydrogen (secondary N) is 3. The number of carbonyl (C=O) groups excluding carboxylic acids is 1. The summed E-state index contributed by atoms with van der Waals surface area (Å²) in [5, 5.41) is 9.60. The highest BCUT2D eigenvalue weighted by Gasteiger charge is 2.22. The minimum Gasteiger partial charge on any atom is -0.490 e. The molecule has 1 unspecified atom stereocenters. The quantitative estimate of drug-likeness (QED) is 0.334. The predicted molar refractivity (Wildman–Crippen MR) is 110 cm³/mol. The van der Waals surface area contributed by atoms with Crippen LogP contribution in [0, 0.1) is 6.92 Å². The number of amides is 1. The van der Waals surface area contributed by atoms with Gasteiger partial charge in [-0.05, 0) is 51.2 Å². The van der Waals surface area contributed by atoms with E-state index in [9.17, 15) is 4.79 Å². The van der Waals surface area contributed by atoms with E-state index in [-0.39, 0.29) is 12.0 Å². The van der Waals surface area contributed by atoms with Gasteiger partial charge in [-0.25, -0.2) is 0 Å². The van der Waals surface area contributed by atoms with Crippen molar-refractivity contribution < 1.29 is 9.53 Å². The third-order valence-electron chi connectivity index (χ3n) is 4.61. The molecular formula is C21H34N4O2. The Morgan fingerprint density at radius 1 is 1.33 bits per heavy atom. The van der Waals surface area contributed by atoms with Crippen molar-refractivity contribution in [2.45, 2.75) is 71.6 Å². The Balaban J connectivity index is 1.76. The first-order valence-electron chi connectivity index (χ1n) is 10.0. The number of ether oxygens (including phenoxy) is 1. The zero-order valence-electron chi connectivity index (χ0n) is 17.1. The number of hydrogen-bond acceptors (Lipinski definition) is 3. The largest absolute Gasteiger partial charge is 0.490 e. The van der Waals surface area contributed by atoms with Gasteiger partial charge < -0.3 is 20.7 Å². The molecule has 0 heterocycles. The fourth-order valence-electron chi connectivity index (χ4n) is 2.60. The normalized spacial score (nSPS) is 15.2. The van der Waals surface area contributed by atoms with Crippen LogP contribution in [0.1, 0.15) is 57.1 Å². The van der Waals surface area contributed by atoms with Crippen molar-refractivity contribution in [2.24, 2.45) is 4.99 Å². The van der Waals surface area contributed by atoms with E-state index in [0.29, 0.717) is 25.6 Å². The van der Waals surface area contributed by atoms with Crippen LogP contribution in [0.2, 0.25) is 0 Å². The first-order valence-corrected chi connectivity index (χ1v) is 10.0. The number of aliphatic imine (C=N–C) groups is 1. The summed E-state index contributed by atoms with van der Waals surface area (Å²) in [5.41, 5.74) is 2.29. The number of hydrogen-bond donors (Lipinski definition) is 3. The van der Waals surface area contributed by atoms with Crippen LogP contribution >= 0.6 is 0 Å². The minimum absolute atomic E-state index is 0.147. The van der Waals surface area contributed by atoms with E-state index < -0.39 is 0 Å². The Bertz CT molecular complexity index is 641. The Morgan fingerprint density at radius 2 is 2.11 bits per heavy atom. The van der Waals surface area contributed by atoms with Crippen molar-refractivity contribution in [2.75, 3.05) is 13.6 Å². The molecule has 1 aliphatic carbocycles. The summed E-state index contributed by atoms with van der Waals surface area (Å²) in [6.45, 7) is 7.62. The summed E-state index contributed by atoms with van der Waals surface area (Å²) < 4.78 is 6.06. The summed E-state index contributed by atoms with van der Waals surface area (Å²) in [5.74, 6) is 1.80. The topological polar surface area (TPSA) is 74.8 Å². The predicted octanol–water partition coefficient (Wildman–Crippen LogP) is 2.90. The fourth-order valence-corrected chi connectivity index (χ4v) is 2.60. The summed E-state index contributed by atoms with van der Waals surface area (Å²) >= 11 is 0. The van der Waals surface area contributed by atoms with Crippen molar-refractivity contribution in [1.29, 1.82) is 0 Å².